The first-order valence-electron chi connectivity index (χ1n) is 13.1. The Morgan fingerprint density at radius 2 is 1.66 bits per heavy atom. The van der Waals surface area contributed by atoms with Crippen LogP contribution in [-0.4, -0.2) is 45.2 Å². The Kier molecular flexibility index (Phi) is 7.22. The molecule has 0 saturated heterocycles. The first-order chi connectivity index (χ1) is 20.1. The average Bonchev–Trinajstić information content (AvgIpc) is 3.71. The number of para-hydroxylation sites is 1. The maximum atomic E-state index is 13.4. The van der Waals surface area contributed by atoms with E-state index in [1.165, 1.54) is 15.9 Å². The van der Waals surface area contributed by atoms with Gasteiger partial charge in [0, 0.05) is 22.9 Å². The van der Waals surface area contributed by atoms with Gasteiger partial charge in [-0.05, 0) is 67.1 Å². The molecule has 0 unspecified atom stereocenters. The molecule has 0 aliphatic heterocycles. The van der Waals surface area contributed by atoms with E-state index in [0.29, 0.717) is 39.1 Å². The molecule has 6 aromatic rings. The van der Waals surface area contributed by atoms with E-state index in [9.17, 15) is 4.79 Å². The lowest BCUT2D eigenvalue weighted by Crippen LogP contribution is -2.23. The fraction of sp³-hybridized carbons (Fsp3) is 0.161. The molecule has 0 spiro atoms. The number of ether oxygens (including phenoxy) is 3. The molecule has 0 atom stereocenters. The van der Waals surface area contributed by atoms with Crippen molar-refractivity contribution in [2.75, 3.05) is 20.8 Å². The summed E-state index contributed by atoms with van der Waals surface area (Å²) >= 11 is 1.29. The number of nitrogens with zero attached hydrogens (tertiary/aromatic N) is 5. The molecule has 0 saturated carbocycles. The van der Waals surface area contributed by atoms with Crippen molar-refractivity contribution in [3.8, 4) is 45.6 Å². The van der Waals surface area contributed by atoms with Crippen LogP contribution >= 0.6 is 11.3 Å². The second-order valence-corrected chi connectivity index (χ2v) is 10.2. The Bertz CT molecular complexity index is 1930. The molecule has 6 rings (SSSR count). The SMILES string of the molecule is CCCOc1ccc(-c2nc3sc(=Cc4cn(-c5ccccc5)nc4-c4ccc(OC)c(OC)c4)c(=O)n3n2)cc1. The van der Waals surface area contributed by atoms with Crippen LogP contribution in [-0.2, 0) is 0 Å². The molecule has 3 aromatic carbocycles. The Labute approximate surface area is 239 Å². The smallest absolute Gasteiger partial charge is 0.291 e. The van der Waals surface area contributed by atoms with Gasteiger partial charge in [-0.2, -0.15) is 14.6 Å². The number of fused-ring (bicyclic) bond motifs is 1. The molecule has 206 valence electrons. The minimum absolute atomic E-state index is 0.239. The Morgan fingerprint density at radius 3 is 2.37 bits per heavy atom. The predicted molar refractivity (Wildman–Crippen MR) is 159 cm³/mol. The topological polar surface area (TPSA) is 92.8 Å². The van der Waals surface area contributed by atoms with E-state index in [2.05, 4.69) is 17.0 Å². The maximum Gasteiger partial charge on any atom is 0.291 e. The van der Waals surface area contributed by atoms with Crippen molar-refractivity contribution in [3.05, 3.63) is 99.4 Å². The van der Waals surface area contributed by atoms with Gasteiger partial charge in [0.2, 0.25) is 4.96 Å². The van der Waals surface area contributed by atoms with E-state index in [0.717, 1.165) is 34.5 Å². The Balaban J connectivity index is 1.42. The van der Waals surface area contributed by atoms with Crippen molar-refractivity contribution >= 4 is 22.4 Å². The van der Waals surface area contributed by atoms with E-state index in [1.807, 2.05) is 85.1 Å². The summed E-state index contributed by atoms with van der Waals surface area (Å²) in [7, 11) is 3.19. The minimum atomic E-state index is -0.239. The van der Waals surface area contributed by atoms with Gasteiger partial charge in [-0.3, -0.25) is 4.79 Å². The van der Waals surface area contributed by atoms with Crippen LogP contribution in [0.4, 0.5) is 0 Å². The van der Waals surface area contributed by atoms with E-state index in [-0.39, 0.29) is 5.56 Å². The maximum absolute atomic E-state index is 13.4. The van der Waals surface area contributed by atoms with E-state index in [1.54, 1.807) is 18.9 Å². The summed E-state index contributed by atoms with van der Waals surface area (Å²) in [4.78, 5) is 18.6. The number of hydrogen-bond acceptors (Lipinski definition) is 8. The van der Waals surface area contributed by atoms with Gasteiger partial charge in [-0.25, -0.2) is 4.68 Å². The molecule has 3 aromatic heterocycles. The molecule has 0 aliphatic rings. The molecule has 0 radical (unpaired) electrons. The molecule has 0 fully saturated rings. The van der Waals surface area contributed by atoms with Crippen LogP contribution < -0.4 is 24.3 Å². The Morgan fingerprint density at radius 1 is 0.902 bits per heavy atom. The van der Waals surface area contributed by atoms with Crippen LogP contribution in [0.5, 0.6) is 17.2 Å². The van der Waals surface area contributed by atoms with Gasteiger partial charge in [0.15, 0.2) is 17.3 Å². The van der Waals surface area contributed by atoms with E-state index in [4.69, 9.17) is 19.3 Å². The number of hydrogen-bond donors (Lipinski definition) is 0. The van der Waals surface area contributed by atoms with Gasteiger partial charge in [0.25, 0.3) is 5.56 Å². The van der Waals surface area contributed by atoms with Gasteiger partial charge in [0.05, 0.1) is 31.0 Å². The van der Waals surface area contributed by atoms with Crippen molar-refractivity contribution in [2.24, 2.45) is 0 Å². The zero-order valence-electron chi connectivity index (χ0n) is 22.8. The van der Waals surface area contributed by atoms with Gasteiger partial charge >= 0.3 is 0 Å². The summed E-state index contributed by atoms with van der Waals surface area (Å²) < 4.78 is 20.2. The van der Waals surface area contributed by atoms with Gasteiger partial charge in [0.1, 0.15) is 11.4 Å². The molecule has 0 bridgehead atoms. The van der Waals surface area contributed by atoms with E-state index >= 15 is 0 Å². The fourth-order valence-corrected chi connectivity index (χ4v) is 5.33. The number of rotatable bonds is 9. The second kappa shape index (κ2) is 11.3. The van der Waals surface area contributed by atoms with Crippen LogP contribution in [0.15, 0.2) is 83.8 Å². The zero-order chi connectivity index (χ0) is 28.3. The molecular formula is C31H27N5O4S. The molecule has 10 heteroatoms. The van der Waals surface area contributed by atoms with Crippen molar-refractivity contribution in [3.63, 3.8) is 0 Å². The summed E-state index contributed by atoms with van der Waals surface area (Å²) in [6.45, 7) is 2.73. The summed E-state index contributed by atoms with van der Waals surface area (Å²) in [6.07, 6.45) is 4.68. The van der Waals surface area contributed by atoms with Gasteiger partial charge in [-0.15, -0.1) is 5.10 Å². The monoisotopic (exact) mass is 565 g/mol. The standard InChI is InChI=1S/C31H27N5O4S/c1-4-16-40-24-13-10-20(11-14-24)29-32-31-36(34-29)30(37)27(41-31)18-22-19-35(23-8-6-5-7-9-23)33-28(22)21-12-15-25(38-2)26(17-21)39-3/h5-15,17-19H,4,16H2,1-3H3. The molecule has 0 amide bonds. The summed E-state index contributed by atoms with van der Waals surface area (Å²) in [6, 6.07) is 23.0. The lowest BCUT2D eigenvalue weighted by atomic mass is 10.1. The van der Waals surface area contributed by atoms with Crippen molar-refractivity contribution in [1.29, 1.82) is 0 Å². The minimum Gasteiger partial charge on any atom is -0.494 e. The third-order valence-electron chi connectivity index (χ3n) is 6.47. The predicted octanol–water partition coefficient (Wildman–Crippen LogP) is 5.02. The largest absolute Gasteiger partial charge is 0.494 e. The summed E-state index contributed by atoms with van der Waals surface area (Å²) in [5.74, 6) is 2.49. The highest BCUT2D eigenvalue weighted by atomic mass is 32.1. The molecule has 9 nitrogen and oxygen atoms in total. The van der Waals surface area contributed by atoms with Crippen LogP contribution in [0.3, 0.4) is 0 Å². The highest BCUT2D eigenvalue weighted by Crippen LogP contribution is 2.33. The quantitative estimate of drug-likeness (QED) is 0.243. The third-order valence-corrected chi connectivity index (χ3v) is 7.43. The highest BCUT2D eigenvalue weighted by Gasteiger charge is 2.16. The second-order valence-electron chi connectivity index (χ2n) is 9.20. The lowest BCUT2D eigenvalue weighted by molar-refractivity contribution is 0.317. The van der Waals surface area contributed by atoms with Gasteiger partial charge < -0.3 is 14.2 Å². The first kappa shape index (κ1) is 26.3. The average molecular weight is 566 g/mol. The summed E-state index contributed by atoms with van der Waals surface area (Å²) in [5.41, 5.74) is 3.76. The van der Waals surface area contributed by atoms with Crippen LogP contribution in [0.25, 0.3) is 39.4 Å². The van der Waals surface area contributed by atoms with Crippen LogP contribution in [0.2, 0.25) is 0 Å². The number of methoxy groups -OCH3 is 2. The van der Waals surface area contributed by atoms with Crippen molar-refractivity contribution < 1.29 is 14.2 Å². The molecule has 0 N–H and O–H groups in total. The van der Waals surface area contributed by atoms with Crippen LogP contribution in [0.1, 0.15) is 18.9 Å². The highest BCUT2D eigenvalue weighted by molar-refractivity contribution is 7.15. The number of aromatic nitrogens is 5. The zero-order valence-corrected chi connectivity index (χ0v) is 23.6. The molecule has 3 heterocycles. The summed E-state index contributed by atoms with van der Waals surface area (Å²) in [5, 5.41) is 9.37. The molecule has 0 aliphatic carbocycles. The number of thiazole rings is 1. The van der Waals surface area contributed by atoms with Crippen LogP contribution in [0, 0.1) is 0 Å². The lowest BCUT2D eigenvalue weighted by Gasteiger charge is -2.09. The third kappa shape index (κ3) is 5.17. The fourth-order valence-electron chi connectivity index (χ4n) is 4.43. The van der Waals surface area contributed by atoms with Crippen molar-refractivity contribution in [1.82, 2.24) is 24.4 Å². The van der Waals surface area contributed by atoms with Crippen molar-refractivity contribution in [2.45, 2.75) is 13.3 Å². The van der Waals surface area contributed by atoms with Gasteiger partial charge in [-0.1, -0.05) is 36.5 Å². The normalized spacial score (nSPS) is 11.7. The molecular weight excluding hydrogens is 538 g/mol. The van der Waals surface area contributed by atoms with E-state index < -0.39 is 0 Å². The Hall–Kier alpha value is -4.96. The molecule has 41 heavy (non-hydrogen) atoms. The number of benzene rings is 3. The first-order valence-corrected chi connectivity index (χ1v) is 13.9.